The molecule has 0 fully saturated rings. The lowest BCUT2D eigenvalue weighted by atomic mass is 10.2. The van der Waals surface area contributed by atoms with Gasteiger partial charge in [0.1, 0.15) is 5.75 Å². The lowest BCUT2D eigenvalue weighted by molar-refractivity contribution is 0.414. The van der Waals surface area contributed by atoms with E-state index in [-0.39, 0.29) is 0 Å². The topological polar surface area (TPSA) is 43.4 Å². The predicted molar refractivity (Wildman–Crippen MR) is 82.7 cm³/mol. The number of hydrogen-bond donors (Lipinski definition) is 0. The summed E-state index contributed by atoms with van der Waals surface area (Å²) in [5.41, 5.74) is 1.96. The van der Waals surface area contributed by atoms with Gasteiger partial charge in [-0.15, -0.1) is 0 Å². The average molecular weight is 308 g/mol. The van der Waals surface area contributed by atoms with E-state index >= 15 is 0 Å². The predicted octanol–water partition coefficient (Wildman–Crippen LogP) is 3.63. The molecule has 2 aromatic rings. The fraction of sp³-hybridized carbons (Fsp3) is 0.200. The third kappa shape index (κ3) is 3.77. The quantitative estimate of drug-likeness (QED) is 0.791. The summed E-state index contributed by atoms with van der Waals surface area (Å²) < 4.78 is 29.5. The van der Waals surface area contributed by atoms with Crippen LogP contribution in [0.5, 0.6) is 5.75 Å². The second-order valence-electron chi connectivity index (χ2n) is 4.38. The zero-order chi connectivity index (χ0) is 14.6. The molecule has 0 aliphatic heterocycles. The normalized spacial score (nSPS) is 11.3. The second kappa shape index (κ2) is 6.33. The van der Waals surface area contributed by atoms with Gasteiger partial charge >= 0.3 is 0 Å². The van der Waals surface area contributed by atoms with Crippen molar-refractivity contribution in [2.45, 2.75) is 17.6 Å². The summed E-state index contributed by atoms with van der Waals surface area (Å²) in [5.74, 6) is 1.13. The third-order valence-corrected chi connectivity index (χ3v) is 6.30. The summed E-state index contributed by atoms with van der Waals surface area (Å²) in [5, 5.41) is 0. The van der Waals surface area contributed by atoms with Gasteiger partial charge in [-0.25, -0.2) is 8.42 Å². The Bertz CT molecular complexity index is 677. The van der Waals surface area contributed by atoms with Crippen molar-refractivity contribution in [3.8, 4) is 5.75 Å². The number of methoxy groups -OCH3 is 1. The highest BCUT2D eigenvalue weighted by Crippen LogP contribution is 2.27. The molecule has 0 unspecified atom stereocenters. The molecule has 0 radical (unpaired) electrons. The number of hydrogen-bond acceptors (Lipinski definition) is 4. The maximum Gasteiger partial charge on any atom is 0.230 e. The molecule has 106 valence electrons. The van der Waals surface area contributed by atoms with Crippen LogP contribution in [0.1, 0.15) is 11.1 Å². The summed E-state index contributed by atoms with van der Waals surface area (Å²) in [4.78, 5) is 0.344. The van der Waals surface area contributed by atoms with Crippen molar-refractivity contribution >= 4 is 19.7 Å². The van der Waals surface area contributed by atoms with E-state index in [1.165, 1.54) is 0 Å². The first-order valence-electron chi connectivity index (χ1n) is 6.10. The lowest BCUT2D eigenvalue weighted by Crippen LogP contribution is -1.96. The zero-order valence-corrected chi connectivity index (χ0v) is 13.0. The Morgan fingerprint density at radius 3 is 2.45 bits per heavy atom. The van der Waals surface area contributed by atoms with Crippen molar-refractivity contribution in [2.75, 3.05) is 7.11 Å². The maximum atomic E-state index is 12.2. The van der Waals surface area contributed by atoms with Crippen LogP contribution in [0.2, 0.25) is 0 Å². The van der Waals surface area contributed by atoms with E-state index in [9.17, 15) is 8.42 Å². The van der Waals surface area contributed by atoms with E-state index in [2.05, 4.69) is 0 Å². The molecule has 0 aliphatic carbocycles. The van der Waals surface area contributed by atoms with Crippen molar-refractivity contribution < 1.29 is 13.2 Å². The molecular weight excluding hydrogens is 292 g/mol. The Kier molecular flexibility index (Phi) is 4.73. The van der Waals surface area contributed by atoms with E-state index in [0.29, 0.717) is 10.6 Å². The van der Waals surface area contributed by atoms with Crippen LogP contribution in [0, 0.1) is 6.92 Å². The highest BCUT2D eigenvalue weighted by Gasteiger charge is 2.15. The summed E-state index contributed by atoms with van der Waals surface area (Å²) in [6.45, 7) is 1.93. The maximum absolute atomic E-state index is 12.2. The summed E-state index contributed by atoms with van der Waals surface area (Å²) >= 11 is 0. The van der Waals surface area contributed by atoms with Gasteiger partial charge in [0.05, 0.1) is 12.0 Å². The molecule has 2 aromatic carbocycles. The van der Waals surface area contributed by atoms with Crippen LogP contribution < -0.4 is 4.74 Å². The van der Waals surface area contributed by atoms with Crippen molar-refractivity contribution in [3.05, 3.63) is 59.7 Å². The highest BCUT2D eigenvalue weighted by molar-refractivity contribution is 8.71. The molecular formula is C15H16O3S2. The lowest BCUT2D eigenvalue weighted by Gasteiger charge is -2.06. The van der Waals surface area contributed by atoms with Gasteiger partial charge in [-0.2, -0.15) is 0 Å². The van der Waals surface area contributed by atoms with Crippen molar-refractivity contribution in [2.24, 2.45) is 0 Å². The van der Waals surface area contributed by atoms with Crippen molar-refractivity contribution in [1.82, 2.24) is 0 Å². The Morgan fingerprint density at radius 1 is 1.10 bits per heavy atom. The zero-order valence-electron chi connectivity index (χ0n) is 11.4. The van der Waals surface area contributed by atoms with Gasteiger partial charge in [-0.05, 0) is 47.5 Å². The minimum absolute atomic E-state index is 0.344. The molecule has 0 amide bonds. The van der Waals surface area contributed by atoms with E-state index in [1.807, 2.05) is 31.2 Å². The van der Waals surface area contributed by atoms with E-state index < -0.39 is 8.87 Å². The van der Waals surface area contributed by atoms with Gasteiger partial charge in [-0.3, -0.25) is 0 Å². The van der Waals surface area contributed by atoms with Crippen LogP contribution in [0.4, 0.5) is 0 Å². The molecule has 3 nitrogen and oxygen atoms in total. The summed E-state index contributed by atoms with van der Waals surface area (Å²) in [6.07, 6.45) is 0. The Morgan fingerprint density at radius 2 is 1.80 bits per heavy atom. The van der Waals surface area contributed by atoms with Crippen molar-refractivity contribution in [3.63, 3.8) is 0 Å². The van der Waals surface area contributed by atoms with Gasteiger partial charge in [-0.1, -0.05) is 29.8 Å². The Hall–Kier alpha value is -1.46. The monoisotopic (exact) mass is 308 g/mol. The first-order valence-corrected chi connectivity index (χ1v) is 9.09. The largest absolute Gasteiger partial charge is 0.497 e. The first kappa shape index (κ1) is 14.9. The van der Waals surface area contributed by atoms with Gasteiger partial charge in [0.25, 0.3) is 0 Å². The molecule has 0 spiro atoms. The van der Waals surface area contributed by atoms with Gasteiger partial charge in [0.15, 0.2) is 0 Å². The molecule has 0 aliphatic rings. The number of aryl methyl sites for hydroxylation is 1. The second-order valence-corrected chi connectivity index (χ2v) is 8.31. The SMILES string of the molecule is COc1cccc(CSS(=O)(=O)c2ccc(C)cc2)c1. The molecule has 5 heteroatoms. The Labute approximate surface area is 123 Å². The fourth-order valence-electron chi connectivity index (χ4n) is 1.68. The summed E-state index contributed by atoms with van der Waals surface area (Å²) in [7, 11) is -0.800. The van der Waals surface area contributed by atoms with Gasteiger partial charge in [0.2, 0.25) is 8.87 Å². The number of rotatable bonds is 5. The van der Waals surface area contributed by atoms with E-state index in [4.69, 9.17) is 4.74 Å². The molecule has 0 bridgehead atoms. The third-order valence-electron chi connectivity index (χ3n) is 2.82. The molecule has 0 heterocycles. The molecule has 20 heavy (non-hydrogen) atoms. The van der Waals surface area contributed by atoms with Crippen LogP contribution in [-0.2, 0) is 14.6 Å². The van der Waals surface area contributed by atoms with E-state index in [0.717, 1.165) is 27.7 Å². The first-order chi connectivity index (χ1) is 9.51. The standard InChI is InChI=1S/C15H16O3S2/c1-12-6-8-15(9-7-12)20(16,17)19-11-13-4-3-5-14(10-13)18-2/h3-10H,11H2,1-2H3. The molecule has 2 rings (SSSR count). The average Bonchev–Trinajstić information content (AvgIpc) is 2.46. The van der Waals surface area contributed by atoms with Crippen LogP contribution in [0.15, 0.2) is 53.4 Å². The van der Waals surface area contributed by atoms with Gasteiger partial charge in [0, 0.05) is 5.75 Å². The molecule has 0 saturated heterocycles. The van der Waals surface area contributed by atoms with Crippen LogP contribution in [-0.4, -0.2) is 15.5 Å². The minimum atomic E-state index is -3.32. The molecule has 0 saturated carbocycles. The van der Waals surface area contributed by atoms with E-state index in [1.54, 1.807) is 31.4 Å². The number of ether oxygens (including phenoxy) is 1. The summed E-state index contributed by atoms with van der Waals surface area (Å²) in [6, 6.07) is 14.3. The highest BCUT2D eigenvalue weighted by atomic mass is 33.1. The van der Waals surface area contributed by atoms with Gasteiger partial charge < -0.3 is 4.74 Å². The smallest absolute Gasteiger partial charge is 0.230 e. The fourth-order valence-corrected chi connectivity index (χ4v) is 4.37. The Balaban J connectivity index is 2.10. The van der Waals surface area contributed by atoms with Crippen LogP contribution >= 0.6 is 10.8 Å². The van der Waals surface area contributed by atoms with Crippen molar-refractivity contribution in [1.29, 1.82) is 0 Å². The molecule has 0 atom stereocenters. The van der Waals surface area contributed by atoms with Crippen LogP contribution in [0.25, 0.3) is 0 Å². The number of benzene rings is 2. The molecule has 0 N–H and O–H groups in total. The molecule has 0 aromatic heterocycles. The minimum Gasteiger partial charge on any atom is -0.497 e. The van der Waals surface area contributed by atoms with Crippen LogP contribution in [0.3, 0.4) is 0 Å².